The summed E-state index contributed by atoms with van der Waals surface area (Å²) >= 11 is 0. The number of hydrogen-bond acceptors (Lipinski definition) is 2. The maximum atomic E-state index is 6.49. The van der Waals surface area contributed by atoms with Crippen molar-refractivity contribution >= 4 is 0 Å². The Morgan fingerprint density at radius 1 is 1.31 bits per heavy atom. The average molecular weight is 221 g/mol. The van der Waals surface area contributed by atoms with E-state index in [4.69, 9.17) is 5.73 Å². The topological polar surface area (TPSA) is 43.8 Å². The molecule has 1 heterocycles. The highest BCUT2D eigenvalue weighted by atomic mass is 15.0. The van der Waals surface area contributed by atoms with E-state index in [0.717, 1.165) is 18.7 Å². The second-order valence-corrected chi connectivity index (χ2v) is 5.23. The molecule has 90 valence electrons. The van der Waals surface area contributed by atoms with Gasteiger partial charge in [0.25, 0.3) is 0 Å². The maximum Gasteiger partial charge on any atom is 0.108 e. The summed E-state index contributed by atoms with van der Waals surface area (Å²) in [5.74, 6) is 1.16. The van der Waals surface area contributed by atoms with Gasteiger partial charge in [-0.1, -0.05) is 25.7 Å². The fourth-order valence-corrected chi connectivity index (χ4v) is 2.68. The molecule has 1 aromatic rings. The number of hydrogen-bond donors (Lipinski definition) is 1. The Morgan fingerprint density at radius 2 is 2.00 bits per heavy atom. The van der Waals surface area contributed by atoms with Crippen molar-refractivity contribution in [1.29, 1.82) is 0 Å². The predicted molar refractivity (Wildman–Crippen MR) is 66.1 cm³/mol. The molecular weight excluding hydrogens is 198 g/mol. The fourth-order valence-electron chi connectivity index (χ4n) is 2.68. The van der Waals surface area contributed by atoms with Crippen molar-refractivity contribution < 1.29 is 0 Å². The van der Waals surface area contributed by atoms with E-state index < -0.39 is 0 Å². The molecule has 1 aliphatic rings. The van der Waals surface area contributed by atoms with Crippen LogP contribution in [-0.2, 0) is 13.5 Å². The summed E-state index contributed by atoms with van der Waals surface area (Å²) in [6, 6.07) is 0. The molecule has 0 radical (unpaired) electrons. The van der Waals surface area contributed by atoms with Crippen LogP contribution in [0.5, 0.6) is 0 Å². The lowest BCUT2D eigenvalue weighted by molar-refractivity contribution is 0.342. The summed E-state index contributed by atoms with van der Waals surface area (Å²) in [6.07, 6.45) is 13.7. The van der Waals surface area contributed by atoms with Crippen LogP contribution in [0.15, 0.2) is 12.4 Å². The normalized spacial score (nSPS) is 20.6. The monoisotopic (exact) mass is 221 g/mol. The fraction of sp³-hybridized carbons (Fsp3) is 0.769. The molecule has 2 rings (SSSR count). The molecule has 0 atom stereocenters. The van der Waals surface area contributed by atoms with Gasteiger partial charge in [-0.2, -0.15) is 0 Å². The first kappa shape index (κ1) is 11.6. The molecule has 3 heteroatoms. The molecule has 3 nitrogen and oxygen atoms in total. The van der Waals surface area contributed by atoms with Gasteiger partial charge in [0.15, 0.2) is 0 Å². The molecule has 0 spiro atoms. The summed E-state index contributed by atoms with van der Waals surface area (Å²) in [6.45, 7) is 0. The highest BCUT2D eigenvalue weighted by Crippen LogP contribution is 2.28. The third-order valence-electron chi connectivity index (χ3n) is 3.87. The lowest BCUT2D eigenvalue weighted by atomic mass is 9.86. The Labute approximate surface area is 98.1 Å². The first-order valence-electron chi connectivity index (χ1n) is 6.45. The second kappa shape index (κ2) is 5.00. The average Bonchev–Trinajstić information content (AvgIpc) is 2.54. The number of nitrogens with zero attached hydrogens (tertiary/aromatic N) is 2. The summed E-state index contributed by atoms with van der Waals surface area (Å²) < 4.78 is 2.10. The van der Waals surface area contributed by atoms with Crippen LogP contribution in [0.25, 0.3) is 0 Å². The van der Waals surface area contributed by atoms with Crippen molar-refractivity contribution in [1.82, 2.24) is 9.55 Å². The van der Waals surface area contributed by atoms with Crippen LogP contribution in [0.3, 0.4) is 0 Å². The minimum atomic E-state index is 0.0719. The van der Waals surface area contributed by atoms with Crippen molar-refractivity contribution in [2.45, 2.75) is 56.9 Å². The molecule has 0 unspecified atom stereocenters. The van der Waals surface area contributed by atoms with Crippen molar-refractivity contribution in [3.63, 3.8) is 0 Å². The minimum Gasteiger partial charge on any atom is -0.338 e. The first-order chi connectivity index (χ1) is 7.70. The number of nitrogens with two attached hydrogens (primary N) is 1. The summed E-state index contributed by atoms with van der Waals surface area (Å²) in [5, 5.41) is 0. The highest BCUT2D eigenvalue weighted by molar-refractivity contribution is 4.95. The third kappa shape index (κ3) is 2.85. The Balaban J connectivity index is 1.90. The molecule has 0 amide bonds. The Kier molecular flexibility index (Phi) is 3.64. The van der Waals surface area contributed by atoms with Crippen LogP contribution in [0.4, 0.5) is 0 Å². The number of imidazole rings is 1. The molecule has 0 saturated heterocycles. The summed E-state index contributed by atoms with van der Waals surface area (Å²) in [4.78, 5) is 4.36. The number of aryl methyl sites for hydroxylation is 2. The molecule has 2 N–H and O–H groups in total. The Morgan fingerprint density at radius 3 is 2.56 bits per heavy atom. The van der Waals surface area contributed by atoms with E-state index in [9.17, 15) is 0 Å². The van der Waals surface area contributed by atoms with Gasteiger partial charge in [0.2, 0.25) is 0 Å². The zero-order valence-electron chi connectivity index (χ0n) is 10.3. The maximum absolute atomic E-state index is 6.49. The molecular formula is C13H23N3. The number of aromatic nitrogens is 2. The van der Waals surface area contributed by atoms with Crippen molar-refractivity contribution in [3.05, 3.63) is 18.2 Å². The van der Waals surface area contributed by atoms with E-state index >= 15 is 0 Å². The van der Waals surface area contributed by atoms with Crippen LogP contribution in [0.2, 0.25) is 0 Å². The highest BCUT2D eigenvalue weighted by Gasteiger charge is 2.26. The van der Waals surface area contributed by atoms with E-state index in [2.05, 4.69) is 16.6 Å². The van der Waals surface area contributed by atoms with E-state index in [0.29, 0.717) is 0 Å². The van der Waals surface area contributed by atoms with E-state index in [1.807, 2.05) is 12.4 Å². The third-order valence-corrected chi connectivity index (χ3v) is 3.87. The molecule has 1 aromatic heterocycles. The second-order valence-electron chi connectivity index (χ2n) is 5.23. The van der Waals surface area contributed by atoms with Crippen LogP contribution in [-0.4, -0.2) is 15.1 Å². The molecule has 0 aromatic carbocycles. The minimum absolute atomic E-state index is 0.0719. The van der Waals surface area contributed by atoms with E-state index in [1.54, 1.807) is 0 Å². The molecule has 0 bridgehead atoms. The zero-order chi connectivity index (χ0) is 11.4. The molecule has 1 aliphatic carbocycles. The Hall–Kier alpha value is -0.830. The molecule has 1 fully saturated rings. The van der Waals surface area contributed by atoms with E-state index in [1.165, 1.54) is 38.5 Å². The van der Waals surface area contributed by atoms with Gasteiger partial charge in [-0.15, -0.1) is 0 Å². The van der Waals surface area contributed by atoms with Gasteiger partial charge in [-0.25, -0.2) is 4.98 Å². The Bertz CT molecular complexity index is 322. The molecule has 0 aliphatic heterocycles. The van der Waals surface area contributed by atoms with Gasteiger partial charge in [0.1, 0.15) is 5.82 Å². The standard InChI is InChI=1S/C13H23N3/c1-16-11-10-15-12(16)6-9-13(14)7-4-2-3-5-8-13/h10-11H,2-9,14H2,1H3. The predicted octanol–water partition coefficient (Wildman–Crippen LogP) is 2.40. The van der Waals surface area contributed by atoms with Gasteiger partial charge in [0, 0.05) is 31.4 Å². The van der Waals surface area contributed by atoms with Gasteiger partial charge >= 0.3 is 0 Å². The van der Waals surface area contributed by atoms with Crippen molar-refractivity contribution in [2.24, 2.45) is 12.8 Å². The van der Waals surface area contributed by atoms with Gasteiger partial charge in [-0.05, 0) is 19.3 Å². The number of rotatable bonds is 3. The van der Waals surface area contributed by atoms with Gasteiger partial charge in [-0.3, -0.25) is 0 Å². The van der Waals surface area contributed by atoms with Crippen LogP contribution in [0.1, 0.15) is 50.8 Å². The van der Waals surface area contributed by atoms with Crippen molar-refractivity contribution in [2.75, 3.05) is 0 Å². The van der Waals surface area contributed by atoms with Crippen molar-refractivity contribution in [3.8, 4) is 0 Å². The SMILES string of the molecule is Cn1ccnc1CCC1(N)CCCCCC1. The molecule has 16 heavy (non-hydrogen) atoms. The smallest absolute Gasteiger partial charge is 0.108 e. The summed E-state index contributed by atoms with van der Waals surface area (Å²) in [5.41, 5.74) is 6.56. The lowest BCUT2D eigenvalue weighted by Gasteiger charge is -2.27. The van der Waals surface area contributed by atoms with E-state index in [-0.39, 0.29) is 5.54 Å². The summed E-state index contributed by atoms with van der Waals surface area (Å²) in [7, 11) is 2.05. The zero-order valence-corrected chi connectivity index (χ0v) is 10.3. The van der Waals surface area contributed by atoms with Crippen LogP contribution >= 0.6 is 0 Å². The largest absolute Gasteiger partial charge is 0.338 e. The first-order valence-corrected chi connectivity index (χ1v) is 6.45. The van der Waals surface area contributed by atoms with Crippen LogP contribution < -0.4 is 5.73 Å². The molecule has 1 saturated carbocycles. The quantitative estimate of drug-likeness (QED) is 0.797. The van der Waals surface area contributed by atoms with Gasteiger partial charge < -0.3 is 10.3 Å². The van der Waals surface area contributed by atoms with Gasteiger partial charge in [0.05, 0.1) is 0 Å². The van der Waals surface area contributed by atoms with Crippen LogP contribution in [0, 0.1) is 0 Å². The lowest BCUT2D eigenvalue weighted by Crippen LogP contribution is -2.39.